The predicted molar refractivity (Wildman–Crippen MR) is 53.4 cm³/mol. The zero-order valence-electron chi connectivity index (χ0n) is 8.29. The topological polar surface area (TPSA) is 59.8 Å². The van der Waals surface area contributed by atoms with Gasteiger partial charge in [0, 0.05) is 13.1 Å². The van der Waals surface area contributed by atoms with Gasteiger partial charge in [0.2, 0.25) is 5.95 Å². The Morgan fingerprint density at radius 1 is 1.29 bits per heavy atom. The van der Waals surface area contributed by atoms with Crippen molar-refractivity contribution in [3.05, 3.63) is 16.0 Å². The van der Waals surface area contributed by atoms with Crippen LogP contribution in [0.2, 0.25) is 0 Å². The van der Waals surface area contributed by atoms with Gasteiger partial charge in [-0.05, 0) is 26.2 Å². The smallest absolute Gasteiger partial charge is 0.276 e. The molecule has 14 heavy (non-hydrogen) atoms. The zero-order chi connectivity index (χ0) is 9.97. The quantitative estimate of drug-likeness (QED) is 0.655. The van der Waals surface area contributed by atoms with Crippen LogP contribution < -0.4 is 10.9 Å². The largest absolute Gasteiger partial charge is 0.354 e. The van der Waals surface area contributed by atoms with Crippen LogP contribution in [0, 0.1) is 6.92 Å². The van der Waals surface area contributed by atoms with Crippen molar-refractivity contribution in [1.29, 1.82) is 0 Å². The number of rotatable bonds is 0. The van der Waals surface area contributed by atoms with Gasteiger partial charge in [-0.25, -0.2) is 0 Å². The Bertz CT molecular complexity index is 385. The highest BCUT2D eigenvalue weighted by Gasteiger charge is 2.10. The second-order valence-electron chi connectivity index (χ2n) is 3.55. The number of hydrogen-bond donors (Lipinski definition) is 1. The number of hydrogen-bond acceptors (Lipinski definition) is 4. The summed E-state index contributed by atoms with van der Waals surface area (Å²) in [4.78, 5) is 11.7. The van der Waals surface area contributed by atoms with E-state index in [1.807, 2.05) is 0 Å². The fraction of sp³-hybridized carbons (Fsp3) is 0.667. The van der Waals surface area contributed by atoms with Crippen LogP contribution in [0.5, 0.6) is 0 Å². The predicted octanol–water partition coefficient (Wildman–Crippen LogP) is 0.543. The van der Waals surface area contributed by atoms with Crippen molar-refractivity contribution in [3.63, 3.8) is 0 Å². The van der Waals surface area contributed by atoms with Crippen LogP contribution in [0.15, 0.2) is 4.79 Å². The van der Waals surface area contributed by atoms with Gasteiger partial charge in [-0.1, -0.05) is 0 Å². The van der Waals surface area contributed by atoms with E-state index in [9.17, 15) is 4.79 Å². The summed E-state index contributed by atoms with van der Waals surface area (Å²) in [6.07, 6.45) is 3.32. The second kappa shape index (κ2) is 3.77. The fourth-order valence-corrected chi connectivity index (χ4v) is 1.62. The molecule has 2 heterocycles. The lowest BCUT2D eigenvalue weighted by Gasteiger charge is -2.15. The summed E-state index contributed by atoms with van der Waals surface area (Å²) in [5.74, 6) is 0.611. The van der Waals surface area contributed by atoms with Gasteiger partial charge in [-0.15, -0.1) is 10.2 Å². The average molecular weight is 194 g/mol. The number of nitrogens with one attached hydrogen (secondary N) is 1. The third kappa shape index (κ3) is 1.62. The van der Waals surface area contributed by atoms with Gasteiger partial charge in [-0.2, -0.15) is 0 Å². The van der Waals surface area contributed by atoms with Gasteiger partial charge in [0.15, 0.2) is 0 Å². The molecule has 1 aliphatic heterocycles. The van der Waals surface area contributed by atoms with Crippen molar-refractivity contribution >= 4 is 5.95 Å². The fourth-order valence-electron chi connectivity index (χ4n) is 1.62. The molecule has 1 aromatic rings. The van der Waals surface area contributed by atoms with Gasteiger partial charge < -0.3 is 5.32 Å². The maximum atomic E-state index is 11.7. The number of anilines is 1. The highest BCUT2D eigenvalue weighted by molar-refractivity contribution is 5.24. The molecular weight excluding hydrogens is 180 g/mol. The lowest BCUT2D eigenvalue weighted by Crippen LogP contribution is -2.29. The molecule has 0 unspecified atom stereocenters. The Morgan fingerprint density at radius 2 is 2.14 bits per heavy atom. The Hall–Kier alpha value is -1.39. The summed E-state index contributed by atoms with van der Waals surface area (Å²) in [6, 6.07) is 0. The molecule has 1 N–H and O–H groups in total. The standard InChI is InChI=1S/C9H14N4O/c1-7-8(14)13-6-4-2-3-5-10-9(13)12-11-7/h2-6H2,1H3,(H,10,12). The molecule has 0 spiro atoms. The van der Waals surface area contributed by atoms with E-state index in [1.165, 1.54) is 0 Å². The Kier molecular flexibility index (Phi) is 2.47. The van der Waals surface area contributed by atoms with E-state index in [0.29, 0.717) is 11.6 Å². The van der Waals surface area contributed by atoms with E-state index in [0.717, 1.165) is 32.4 Å². The first-order valence-corrected chi connectivity index (χ1v) is 4.97. The molecule has 0 amide bonds. The van der Waals surface area contributed by atoms with Gasteiger partial charge >= 0.3 is 0 Å². The minimum Gasteiger partial charge on any atom is -0.354 e. The van der Waals surface area contributed by atoms with E-state index >= 15 is 0 Å². The van der Waals surface area contributed by atoms with Crippen molar-refractivity contribution in [2.45, 2.75) is 32.7 Å². The molecule has 0 aliphatic carbocycles. The van der Waals surface area contributed by atoms with E-state index in [1.54, 1.807) is 11.5 Å². The van der Waals surface area contributed by atoms with E-state index in [2.05, 4.69) is 15.5 Å². The summed E-state index contributed by atoms with van der Waals surface area (Å²) in [5, 5.41) is 10.9. The average Bonchev–Trinajstić information content (AvgIpc) is 2.13. The molecule has 1 aromatic heterocycles. The summed E-state index contributed by atoms with van der Waals surface area (Å²) >= 11 is 0. The van der Waals surface area contributed by atoms with Crippen LogP contribution in [0.3, 0.4) is 0 Å². The summed E-state index contributed by atoms with van der Waals surface area (Å²) < 4.78 is 1.68. The molecule has 1 aliphatic rings. The number of aryl methyl sites for hydroxylation is 1. The Labute approximate surface area is 82.2 Å². The summed E-state index contributed by atoms with van der Waals surface area (Å²) in [7, 11) is 0. The maximum absolute atomic E-state index is 11.7. The zero-order valence-corrected chi connectivity index (χ0v) is 8.29. The maximum Gasteiger partial charge on any atom is 0.276 e. The highest BCUT2D eigenvalue weighted by Crippen LogP contribution is 2.07. The molecule has 0 aromatic carbocycles. The Morgan fingerprint density at radius 3 is 3.00 bits per heavy atom. The first kappa shape index (κ1) is 9.18. The van der Waals surface area contributed by atoms with Crippen molar-refractivity contribution in [1.82, 2.24) is 14.8 Å². The minimum absolute atomic E-state index is 0.0237. The monoisotopic (exact) mass is 194 g/mol. The molecule has 0 saturated carbocycles. The van der Waals surface area contributed by atoms with E-state index < -0.39 is 0 Å². The molecule has 76 valence electrons. The minimum atomic E-state index is -0.0237. The number of nitrogens with zero attached hydrogens (tertiary/aromatic N) is 3. The van der Waals surface area contributed by atoms with Crippen molar-refractivity contribution in [2.75, 3.05) is 11.9 Å². The molecule has 5 nitrogen and oxygen atoms in total. The SMILES string of the molecule is Cc1nnc2n(c1=O)CCCCCN2. The molecule has 5 heteroatoms. The van der Waals surface area contributed by atoms with Crippen LogP contribution in [0.25, 0.3) is 0 Å². The molecule has 0 bridgehead atoms. The Balaban J connectivity index is 2.45. The lowest BCUT2D eigenvalue weighted by molar-refractivity contribution is 0.548. The lowest BCUT2D eigenvalue weighted by atomic mass is 10.2. The van der Waals surface area contributed by atoms with Gasteiger partial charge in [0.05, 0.1) is 0 Å². The van der Waals surface area contributed by atoms with Gasteiger partial charge in [0.25, 0.3) is 5.56 Å². The third-order valence-corrected chi connectivity index (χ3v) is 2.45. The van der Waals surface area contributed by atoms with Gasteiger partial charge in [-0.3, -0.25) is 9.36 Å². The second-order valence-corrected chi connectivity index (χ2v) is 3.55. The molecular formula is C9H14N4O. The van der Waals surface area contributed by atoms with Crippen molar-refractivity contribution in [3.8, 4) is 0 Å². The van der Waals surface area contributed by atoms with Crippen LogP contribution >= 0.6 is 0 Å². The van der Waals surface area contributed by atoms with Crippen LogP contribution in [0.4, 0.5) is 5.95 Å². The number of fused-ring (bicyclic) bond motifs is 1. The van der Waals surface area contributed by atoms with Crippen molar-refractivity contribution in [2.24, 2.45) is 0 Å². The molecule has 0 atom stereocenters. The first-order chi connectivity index (χ1) is 6.79. The van der Waals surface area contributed by atoms with E-state index in [-0.39, 0.29) is 5.56 Å². The molecule has 0 radical (unpaired) electrons. The van der Waals surface area contributed by atoms with Gasteiger partial charge in [0.1, 0.15) is 5.69 Å². The first-order valence-electron chi connectivity index (χ1n) is 4.97. The molecule has 2 rings (SSSR count). The van der Waals surface area contributed by atoms with Crippen molar-refractivity contribution < 1.29 is 0 Å². The summed E-state index contributed by atoms with van der Waals surface area (Å²) in [5.41, 5.74) is 0.445. The summed E-state index contributed by atoms with van der Waals surface area (Å²) in [6.45, 7) is 3.32. The highest BCUT2D eigenvalue weighted by atomic mass is 16.1. The number of aromatic nitrogens is 3. The normalized spacial score (nSPS) is 16.4. The third-order valence-electron chi connectivity index (χ3n) is 2.45. The molecule has 0 saturated heterocycles. The van der Waals surface area contributed by atoms with E-state index in [4.69, 9.17) is 0 Å². The molecule has 0 fully saturated rings. The van der Waals surface area contributed by atoms with Crippen LogP contribution in [-0.4, -0.2) is 21.3 Å². The van der Waals surface area contributed by atoms with Crippen LogP contribution in [0.1, 0.15) is 25.0 Å². The van der Waals surface area contributed by atoms with Crippen LogP contribution in [-0.2, 0) is 6.54 Å².